The number of amidine groups is 1. The molecule has 0 radical (unpaired) electrons. The second-order valence-corrected chi connectivity index (χ2v) is 9.65. The fourth-order valence-corrected chi connectivity index (χ4v) is 4.98. The van der Waals surface area contributed by atoms with Crippen LogP contribution in [0.5, 0.6) is 0 Å². The van der Waals surface area contributed by atoms with Gasteiger partial charge in [0.1, 0.15) is 12.4 Å². The molecule has 4 rings (SSSR count). The topological polar surface area (TPSA) is 129 Å². The Morgan fingerprint density at radius 3 is 2.68 bits per heavy atom. The Hall–Kier alpha value is -3.28. The van der Waals surface area contributed by atoms with Crippen LogP contribution < -0.4 is 15.4 Å². The van der Waals surface area contributed by atoms with E-state index in [2.05, 4.69) is 25.2 Å². The normalized spacial score (nSPS) is 18.2. The number of hydrogen-bond acceptors (Lipinski definition) is 7. The first-order chi connectivity index (χ1) is 16.4. The van der Waals surface area contributed by atoms with Crippen LogP contribution in [0.2, 0.25) is 0 Å². The Morgan fingerprint density at radius 2 is 1.85 bits per heavy atom. The summed E-state index contributed by atoms with van der Waals surface area (Å²) >= 11 is 0. The summed E-state index contributed by atoms with van der Waals surface area (Å²) in [5, 5.41) is 5.65. The molecule has 11 heteroatoms. The van der Waals surface area contributed by atoms with Crippen LogP contribution in [-0.4, -0.2) is 70.4 Å². The molecule has 0 saturated carbocycles. The van der Waals surface area contributed by atoms with E-state index in [9.17, 15) is 18.0 Å². The van der Waals surface area contributed by atoms with Crippen molar-refractivity contribution in [1.82, 2.24) is 14.9 Å². The molecule has 0 unspecified atom stereocenters. The van der Waals surface area contributed by atoms with Crippen molar-refractivity contribution in [3.8, 4) is 0 Å². The number of anilines is 1. The molecule has 2 aliphatic heterocycles. The predicted molar refractivity (Wildman–Crippen MR) is 127 cm³/mol. The zero-order valence-electron chi connectivity index (χ0n) is 18.6. The van der Waals surface area contributed by atoms with Gasteiger partial charge in [0, 0.05) is 43.9 Å². The molecule has 2 aliphatic rings. The molecule has 2 amide bonds. The fraction of sp³-hybridized carbons (Fsp3) is 0.348. The molecule has 0 aliphatic carbocycles. The van der Waals surface area contributed by atoms with Crippen molar-refractivity contribution in [3.63, 3.8) is 0 Å². The summed E-state index contributed by atoms with van der Waals surface area (Å²) in [5.74, 6) is -0.258. The molecule has 0 spiro atoms. The number of nitrogens with one attached hydrogen (secondary N) is 3. The maximum absolute atomic E-state index is 12.3. The highest BCUT2D eigenvalue weighted by Gasteiger charge is 2.30. The maximum atomic E-state index is 12.3. The Bertz CT molecular complexity index is 1190. The van der Waals surface area contributed by atoms with Gasteiger partial charge in [-0.1, -0.05) is 24.3 Å². The first kappa shape index (κ1) is 23.9. The van der Waals surface area contributed by atoms with Crippen LogP contribution in [0.3, 0.4) is 0 Å². The molecule has 180 valence electrons. The van der Waals surface area contributed by atoms with E-state index in [0.29, 0.717) is 37.4 Å². The van der Waals surface area contributed by atoms with Crippen LogP contribution in [0.1, 0.15) is 17.5 Å². The number of sulfonamides is 1. The molecule has 2 heterocycles. The summed E-state index contributed by atoms with van der Waals surface area (Å²) in [6.45, 7) is 3.80. The van der Waals surface area contributed by atoms with Crippen molar-refractivity contribution in [3.05, 3.63) is 59.7 Å². The Labute approximate surface area is 198 Å². The largest absolute Gasteiger partial charge is 0.379 e. The van der Waals surface area contributed by atoms with E-state index in [4.69, 9.17) is 4.74 Å². The minimum absolute atomic E-state index is 0.0669. The standard InChI is InChI=1S/C23H27N5O5S/c29-21(8-9-28-10-12-33-13-11-28)26-18-5-3-4-17(14-18)15-24-22(30)16-25-23-19-6-1-2-7-20(19)34(31,32)27-23/h1-7,14H,8-13,15-16H2,(H,24,30)(H,25,27)(H,26,29). The molecular weight excluding hydrogens is 458 g/mol. The Balaban J connectivity index is 1.25. The van der Waals surface area contributed by atoms with Gasteiger partial charge >= 0.3 is 0 Å². The van der Waals surface area contributed by atoms with Gasteiger partial charge in [0.2, 0.25) is 11.8 Å². The number of hydrogen-bond donors (Lipinski definition) is 3. The van der Waals surface area contributed by atoms with Gasteiger partial charge < -0.3 is 15.4 Å². The molecule has 0 bridgehead atoms. The highest BCUT2D eigenvalue weighted by molar-refractivity contribution is 7.90. The van der Waals surface area contributed by atoms with Crippen molar-refractivity contribution >= 4 is 33.4 Å². The van der Waals surface area contributed by atoms with Gasteiger partial charge in [-0.15, -0.1) is 0 Å². The number of aliphatic imine (C=N–C) groups is 1. The molecule has 0 aromatic heterocycles. The molecule has 2 aromatic rings. The number of ether oxygens (including phenoxy) is 1. The lowest BCUT2D eigenvalue weighted by molar-refractivity contribution is -0.120. The summed E-state index contributed by atoms with van der Waals surface area (Å²) in [4.78, 5) is 31.0. The number of rotatable bonds is 8. The van der Waals surface area contributed by atoms with Crippen LogP contribution in [0.4, 0.5) is 5.69 Å². The average molecular weight is 486 g/mol. The minimum Gasteiger partial charge on any atom is -0.379 e. The molecule has 34 heavy (non-hydrogen) atoms. The van der Waals surface area contributed by atoms with Crippen molar-refractivity contribution in [2.75, 3.05) is 44.7 Å². The van der Waals surface area contributed by atoms with Crippen molar-refractivity contribution in [2.24, 2.45) is 4.99 Å². The third kappa shape index (κ3) is 6.19. The Kier molecular flexibility index (Phi) is 7.56. The van der Waals surface area contributed by atoms with Gasteiger partial charge in [-0.05, 0) is 29.8 Å². The molecule has 1 fully saturated rings. The van der Waals surface area contributed by atoms with E-state index in [1.165, 1.54) is 6.07 Å². The third-order valence-electron chi connectivity index (χ3n) is 5.50. The van der Waals surface area contributed by atoms with Gasteiger partial charge in [0.25, 0.3) is 10.0 Å². The number of morpholine rings is 1. The van der Waals surface area contributed by atoms with Gasteiger partial charge in [0.05, 0.1) is 18.1 Å². The smallest absolute Gasteiger partial charge is 0.263 e. The second-order valence-electron chi connectivity index (χ2n) is 8.00. The maximum Gasteiger partial charge on any atom is 0.263 e. The number of carbonyl (C=O) groups excluding carboxylic acids is 2. The average Bonchev–Trinajstić information content (AvgIpc) is 3.11. The van der Waals surface area contributed by atoms with E-state index in [1.54, 1.807) is 30.3 Å². The lowest BCUT2D eigenvalue weighted by atomic mass is 10.2. The first-order valence-corrected chi connectivity index (χ1v) is 12.5. The number of fused-ring (bicyclic) bond motifs is 1. The first-order valence-electron chi connectivity index (χ1n) is 11.0. The summed E-state index contributed by atoms with van der Waals surface area (Å²) in [6, 6.07) is 13.7. The monoisotopic (exact) mass is 485 g/mol. The Morgan fingerprint density at radius 1 is 1.06 bits per heavy atom. The third-order valence-corrected chi connectivity index (χ3v) is 6.90. The van der Waals surface area contributed by atoms with E-state index in [1.807, 2.05) is 12.1 Å². The van der Waals surface area contributed by atoms with Crippen LogP contribution in [-0.2, 0) is 30.9 Å². The van der Waals surface area contributed by atoms with Crippen LogP contribution >= 0.6 is 0 Å². The SMILES string of the molecule is O=C(CN=C1NS(=O)(=O)c2ccccc21)NCc1cccc(NC(=O)CCN2CCOCC2)c1. The molecule has 10 nitrogen and oxygen atoms in total. The van der Waals surface area contributed by atoms with E-state index in [-0.39, 0.29) is 35.6 Å². The van der Waals surface area contributed by atoms with E-state index >= 15 is 0 Å². The molecule has 0 atom stereocenters. The van der Waals surface area contributed by atoms with E-state index in [0.717, 1.165) is 18.7 Å². The predicted octanol–water partition coefficient (Wildman–Crippen LogP) is 0.702. The van der Waals surface area contributed by atoms with Crippen molar-refractivity contribution < 1.29 is 22.7 Å². The fourth-order valence-electron chi connectivity index (χ4n) is 3.73. The van der Waals surface area contributed by atoms with Gasteiger partial charge in [-0.2, -0.15) is 0 Å². The number of amides is 2. The summed E-state index contributed by atoms with van der Waals surface area (Å²) in [7, 11) is -3.64. The highest BCUT2D eigenvalue weighted by Crippen LogP contribution is 2.22. The molecule has 1 saturated heterocycles. The van der Waals surface area contributed by atoms with Crippen molar-refractivity contribution in [1.29, 1.82) is 0 Å². The van der Waals surface area contributed by atoms with E-state index < -0.39 is 10.0 Å². The van der Waals surface area contributed by atoms with Crippen LogP contribution in [0.15, 0.2) is 58.4 Å². The summed E-state index contributed by atoms with van der Waals surface area (Å²) in [6.07, 6.45) is 0.397. The molecular formula is C23H27N5O5S. The van der Waals surface area contributed by atoms with Gasteiger partial charge in [-0.3, -0.25) is 24.2 Å². The minimum atomic E-state index is -3.64. The van der Waals surface area contributed by atoms with Gasteiger partial charge in [-0.25, -0.2) is 8.42 Å². The number of nitrogens with zero attached hydrogens (tertiary/aromatic N) is 2. The van der Waals surface area contributed by atoms with Gasteiger partial charge in [0.15, 0.2) is 0 Å². The lowest BCUT2D eigenvalue weighted by Crippen LogP contribution is -2.38. The summed E-state index contributed by atoms with van der Waals surface area (Å²) in [5.41, 5.74) is 1.93. The van der Waals surface area contributed by atoms with Crippen LogP contribution in [0.25, 0.3) is 0 Å². The zero-order chi connectivity index (χ0) is 24.0. The second kappa shape index (κ2) is 10.8. The molecule has 2 aromatic carbocycles. The zero-order valence-corrected chi connectivity index (χ0v) is 19.4. The quantitative estimate of drug-likeness (QED) is 0.505. The summed E-state index contributed by atoms with van der Waals surface area (Å²) < 4.78 is 31.9. The number of carbonyl (C=O) groups is 2. The number of benzene rings is 2. The highest BCUT2D eigenvalue weighted by atomic mass is 32.2. The molecule has 3 N–H and O–H groups in total. The van der Waals surface area contributed by atoms with Crippen molar-refractivity contribution in [2.45, 2.75) is 17.9 Å². The van der Waals surface area contributed by atoms with Crippen LogP contribution in [0, 0.1) is 0 Å². The lowest BCUT2D eigenvalue weighted by Gasteiger charge is -2.26.